The Labute approximate surface area is 142 Å². The standard InChI is InChI=1S/C20H22N2O2/c1-4-15-6-8-16(9-7-15)21-18-12-19(23)22(20(18)24)17-10-5-13(2)14(3)11-17/h5-11,18,21H,4,12H2,1-3H3/t18-/m1/s1. The fourth-order valence-corrected chi connectivity index (χ4v) is 2.92. The third-order valence-corrected chi connectivity index (χ3v) is 4.60. The summed E-state index contributed by atoms with van der Waals surface area (Å²) in [4.78, 5) is 26.3. The summed E-state index contributed by atoms with van der Waals surface area (Å²) in [7, 11) is 0. The van der Waals surface area contributed by atoms with Crippen LogP contribution in [0.3, 0.4) is 0 Å². The summed E-state index contributed by atoms with van der Waals surface area (Å²) in [6, 6.07) is 13.1. The lowest BCUT2D eigenvalue weighted by Gasteiger charge is -2.17. The Hall–Kier alpha value is -2.62. The van der Waals surface area contributed by atoms with Gasteiger partial charge < -0.3 is 5.32 Å². The third-order valence-electron chi connectivity index (χ3n) is 4.60. The number of hydrogen-bond acceptors (Lipinski definition) is 3. The first-order valence-electron chi connectivity index (χ1n) is 8.29. The van der Waals surface area contributed by atoms with Crippen molar-refractivity contribution in [2.45, 2.75) is 39.7 Å². The van der Waals surface area contributed by atoms with Crippen molar-refractivity contribution in [1.82, 2.24) is 0 Å². The van der Waals surface area contributed by atoms with E-state index in [-0.39, 0.29) is 18.2 Å². The second-order valence-electron chi connectivity index (χ2n) is 6.29. The Morgan fingerprint density at radius 2 is 1.75 bits per heavy atom. The van der Waals surface area contributed by atoms with Gasteiger partial charge in [-0.15, -0.1) is 0 Å². The molecule has 1 heterocycles. The smallest absolute Gasteiger partial charge is 0.256 e. The van der Waals surface area contributed by atoms with Crippen molar-refractivity contribution in [2.24, 2.45) is 0 Å². The fraction of sp³-hybridized carbons (Fsp3) is 0.300. The molecular weight excluding hydrogens is 300 g/mol. The summed E-state index contributed by atoms with van der Waals surface area (Å²) < 4.78 is 0. The van der Waals surface area contributed by atoms with Gasteiger partial charge in [-0.1, -0.05) is 25.1 Å². The van der Waals surface area contributed by atoms with Crippen molar-refractivity contribution in [2.75, 3.05) is 10.2 Å². The van der Waals surface area contributed by atoms with E-state index in [1.165, 1.54) is 10.5 Å². The van der Waals surface area contributed by atoms with E-state index in [1.54, 1.807) is 0 Å². The van der Waals surface area contributed by atoms with Crippen LogP contribution in [0.4, 0.5) is 11.4 Å². The summed E-state index contributed by atoms with van der Waals surface area (Å²) in [6.07, 6.45) is 1.16. The third kappa shape index (κ3) is 3.04. The molecule has 0 aromatic heterocycles. The van der Waals surface area contributed by atoms with Gasteiger partial charge in [-0.05, 0) is 61.2 Å². The molecule has 0 bridgehead atoms. The maximum Gasteiger partial charge on any atom is 0.256 e. The summed E-state index contributed by atoms with van der Waals surface area (Å²) >= 11 is 0. The highest BCUT2D eigenvalue weighted by Crippen LogP contribution is 2.26. The average molecular weight is 322 g/mol. The monoisotopic (exact) mass is 322 g/mol. The normalized spacial score (nSPS) is 17.5. The Bertz CT molecular complexity index is 781. The minimum absolute atomic E-state index is 0.161. The van der Waals surface area contributed by atoms with E-state index in [2.05, 4.69) is 12.2 Å². The van der Waals surface area contributed by atoms with Gasteiger partial charge in [0.2, 0.25) is 5.91 Å². The van der Waals surface area contributed by atoms with Crippen LogP contribution in [0.25, 0.3) is 0 Å². The molecule has 0 saturated carbocycles. The quantitative estimate of drug-likeness (QED) is 0.875. The number of carbonyl (C=O) groups excluding carboxylic acids is 2. The first kappa shape index (κ1) is 16.2. The van der Waals surface area contributed by atoms with Crippen LogP contribution in [-0.4, -0.2) is 17.9 Å². The van der Waals surface area contributed by atoms with Crippen LogP contribution in [0, 0.1) is 13.8 Å². The minimum atomic E-state index is -0.508. The van der Waals surface area contributed by atoms with E-state index < -0.39 is 6.04 Å². The van der Waals surface area contributed by atoms with Gasteiger partial charge in [0.05, 0.1) is 12.1 Å². The van der Waals surface area contributed by atoms with Crippen LogP contribution in [0.1, 0.15) is 30.0 Å². The van der Waals surface area contributed by atoms with Crippen LogP contribution < -0.4 is 10.2 Å². The maximum atomic E-state index is 12.7. The van der Waals surface area contributed by atoms with Crippen molar-refractivity contribution < 1.29 is 9.59 Å². The SMILES string of the molecule is CCc1ccc(N[C@@H]2CC(=O)N(c3ccc(C)c(C)c3)C2=O)cc1. The van der Waals surface area contributed by atoms with Crippen LogP contribution >= 0.6 is 0 Å². The van der Waals surface area contributed by atoms with Crippen LogP contribution in [0.5, 0.6) is 0 Å². The molecule has 0 aliphatic carbocycles. The number of anilines is 2. The second kappa shape index (κ2) is 6.48. The van der Waals surface area contributed by atoms with E-state index in [4.69, 9.17) is 0 Å². The van der Waals surface area contributed by atoms with Gasteiger partial charge in [-0.2, -0.15) is 0 Å². The first-order chi connectivity index (χ1) is 11.5. The molecule has 124 valence electrons. The second-order valence-corrected chi connectivity index (χ2v) is 6.29. The first-order valence-corrected chi connectivity index (χ1v) is 8.29. The number of nitrogens with one attached hydrogen (secondary N) is 1. The zero-order valence-electron chi connectivity index (χ0n) is 14.3. The van der Waals surface area contributed by atoms with Crippen molar-refractivity contribution in [3.63, 3.8) is 0 Å². The number of imide groups is 1. The zero-order chi connectivity index (χ0) is 17.3. The zero-order valence-corrected chi connectivity index (χ0v) is 14.3. The highest BCUT2D eigenvalue weighted by atomic mass is 16.2. The van der Waals surface area contributed by atoms with Crippen molar-refractivity contribution in [1.29, 1.82) is 0 Å². The Morgan fingerprint density at radius 3 is 2.38 bits per heavy atom. The number of amides is 2. The molecule has 1 atom stereocenters. The Morgan fingerprint density at radius 1 is 1.04 bits per heavy atom. The van der Waals surface area contributed by atoms with Gasteiger partial charge in [0.15, 0.2) is 0 Å². The van der Waals surface area contributed by atoms with E-state index in [0.29, 0.717) is 5.69 Å². The summed E-state index contributed by atoms with van der Waals surface area (Å²) in [6.45, 7) is 6.09. The number of hydrogen-bond donors (Lipinski definition) is 1. The van der Waals surface area contributed by atoms with E-state index in [1.807, 2.05) is 56.3 Å². The lowest BCUT2D eigenvalue weighted by molar-refractivity contribution is -0.121. The molecule has 2 aromatic rings. The summed E-state index contributed by atoms with van der Waals surface area (Å²) in [5.74, 6) is -0.353. The van der Waals surface area contributed by atoms with Crippen LogP contribution in [-0.2, 0) is 16.0 Å². The molecule has 2 amide bonds. The molecule has 1 N–H and O–H groups in total. The van der Waals surface area contributed by atoms with Crippen molar-refractivity contribution in [3.05, 3.63) is 59.2 Å². The van der Waals surface area contributed by atoms with E-state index in [9.17, 15) is 9.59 Å². The van der Waals surface area contributed by atoms with Gasteiger partial charge in [-0.25, -0.2) is 4.90 Å². The Kier molecular flexibility index (Phi) is 4.38. The topological polar surface area (TPSA) is 49.4 Å². The fourth-order valence-electron chi connectivity index (χ4n) is 2.92. The molecule has 0 radical (unpaired) electrons. The predicted molar refractivity (Wildman–Crippen MR) is 96.3 cm³/mol. The highest BCUT2D eigenvalue weighted by Gasteiger charge is 2.39. The van der Waals surface area contributed by atoms with Gasteiger partial charge >= 0.3 is 0 Å². The molecule has 0 unspecified atom stereocenters. The van der Waals surface area contributed by atoms with Crippen molar-refractivity contribution >= 4 is 23.2 Å². The minimum Gasteiger partial charge on any atom is -0.373 e. The maximum absolute atomic E-state index is 12.7. The molecule has 1 fully saturated rings. The largest absolute Gasteiger partial charge is 0.373 e. The van der Waals surface area contributed by atoms with E-state index >= 15 is 0 Å². The number of carbonyl (C=O) groups is 2. The van der Waals surface area contributed by atoms with Gasteiger partial charge in [0.25, 0.3) is 5.91 Å². The Balaban J connectivity index is 1.79. The lowest BCUT2D eigenvalue weighted by Crippen LogP contribution is -2.34. The predicted octanol–water partition coefficient (Wildman–Crippen LogP) is 3.61. The van der Waals surface area contributed by atoms with Crippen LogP contribution in [0.15, 0.2) is 42.5 Å². The molecular formula is C20H22N2O2. The molecule has 1 aliphatic rings. The number of nitrogens with zero attached hydrogens (tertiary/aromatic N) is 1. The molecule has 3 rings (SSSR count). The molecule has 24 heavy (non-hydrogen) atoms. The highest BCUT2D eigenvalue weighted by molar-refractivity contribution is 6.23. The van der Waals surface area contributed by atoms with Gasteiger partial charge in [0.1, 0.15) is 6.04 Å². The summed E-state index contributed by atoms with van der Waals surface area (Å²) in [5, 5.41) is 3.19. The van der Waals surface area contributed by atoms with Gasteiger partial charge in [0, 0.05) is 5.69 Å². The van der Waals surface area contributed by atoms with Crippen molar-refractivity contribution in [3.8, 4) is 0 Å². The average Bonchev–Trinajstić information content (AvgIpc) is 2.85. The molecule has 1 aliphatic heterocycles. The molecule has 0 spiro atoms. The molecule has 4 heteroatoms. The molecule has 4 nitrogen and oxygen atoms in total. The number of aryl methyl sites for hydroxylation is 3. The van der Waals surface area contributed by atoms with Crippen LogP contribution in [0.2, 0.25) is 0 Å². The molecule has 2 aromatic carbocycles. The molecule has 1 saturated heterocycles. The summed E-state index contributed by atoms with van der Waals surface area (Å²) in [5.41, 5.74) is 4.97. The van der Waals surface area contributed by atoms with E-state index in [0.717, 1.165) is 23.2 Å². The van der Waals surface area contributed by atoms with Gasteiger partial charge in [-0.3, -0.25) is 9.59 Å². The lowest BCUT2D eigenvalue weighted by atomic mass is 10.1. The number of rotatable bonds is 4. The number of benzene rings is 2.